The summed E-state index contributed by atoms with van der Waals surface area (Å²) in [6.07, 6.45) is -1.44. The van der Waals surface area contributed by atoms with Crippen LogP contribution in [0.3, 0.4) is 0 Å². The average Bonchev–Trinajstić information content (AvgIpc) is 2.83. The number of hydroxylamine groups is 1. The van der Waals surface area contributed by atoms with Crippen molar-refractivity contribution in [2.45, 2.75) is 19.1 Å². The summed E-state index contributed by atoms with van der Waals surface area (Å²) in [6.45, 7) is 0.179. The molecule has 3 aromatic carbocycles. The van der Waals surface area contributed by atoms with Gasteiger partial charge in [-0.25, -0.2) is 18.7 Å². The smallest absolute Gasteiger partial charge is 0.423 e. The van der Waals surface area contributed by atoms with Gasteiger partial charge in [0.25, 0.3) is 0 Å². The molecule has 0 unspecified atom stereocenters. The Morgan fingerprint density at radius 1 is 1.03 bits per heavy atom. The number of carbonyl (C=O) groups excluding carboxylic acids is 1. The topological polar surface area (TPSA) is 95.9 Å². The number of nitrogens with zero attached hydrogens (tertiary/aromatic N) is 1. The first kappa shape index (κ1) is 23.3. The van der Waals surface area contributed by atoms with Crippen LogP contribution in [0.4, 0.5) is 4.79 Å². The molecule has 172 valence electrons. The molecule has 1 heterocycles. The molecule has 0 aliphatic carbocycles. The molecule has 9 heteroatoms. The molecule has 0 aromatic heterocycles. The van der Waals surface area contributed by atoms with Gasteiger partial charge in [0.2, 0.25) is 10.0 Å². The van der Waals surface area contributed by atoms with Crippen LogP contribution >= 0.6 is 11.6 Å². The second kappa shape index (κ2) is 9.93. The van der Waals surface area contributed by atoms with Gasteiger partial charge in [-0.1, -0.05) is 72.3 Å². The van der Waals surface area contributed by atoms with E-state index in [4.69, 9.17) is 21.5 Å². The number of carbonyl (C=O) groups is 1. The Balaban J connectivity index is 1.49. The van der Waals surface area contributed by atoms with Crippen molar-refractivity contribution in [1.82, 2.24) is 9.79 Å². The fourth-order valence-corrected chi connectivity index (χ4v) is 5.58. The van der Waals surface area contributed by atoms with E-state index in [9.17, 15) is 13.2 Å². The fourth-order valence-electron chi connectivity index (χ4n) is 3.91. The van der Waals surface area contributed by atoms with E-state index < -0.39 is 22.3 Å². The van der Waals surface area contributed by atoms with Gasteiger partial charge in [-0.15, -0.1) is 0 Å². The molecule has 0 saturated heterocycles. The van der Waals surface area contributed by atoms with Crippen molar-refractivity contribution in [3.8, 4) is 11.1 Å². The van der Waals surface area contributed by atoms with Crippen LogP contribution in [-0.4, -0.2) is 36.3 Å². The molecule has 4 rings (SSSR count). The van der Waals surface area contributed by atoms with Gasteiger partial charge in [0.05, 0.1) is 5.75 Å². The summed E-state index contributed by atoms with van der Waals surface area (Å²) in [5.74, 6) is -0.143. The third-order valence-corrected chi connectivity index (χ3v) is 7.69. The van der Waals surface area contributed by atoms with Crippen molar-refractivity contribution < 1.29 is 23.2 Å². The molecule has 0 radical (unpaired) electrons. The van der Waals surface area contributed by atoms with E-state index in [1.165, 1.54) is 9.79 Å². The van der Waals surface area contributed by atoms with Crippen molar-refractivity contribution in [1.29, 1.82) is 0 Å². The zero-order valence-electron chi connectivity index (χ0n) is 17.6. The Labute approximate surface area is 197 Å². The molecule has 7 nitrogen and oxygen atoms in total. The third-order valence-electron chi connectivity index (χ3n) is 5.63. The first-order valence-electron chi connectivity index (χ1n) is 10.4. The number of benzene rings is 3. The Kier molecular flexibility index (Phi) is 6.99. The number of nitrogens with one attached hydrogen (secondary N) is 1. The number of ether oxygens (including phenoxy) is 1. The summed E-state index contributed by atoms with van der Waals surface area (Å²) >= 11 is 5.94. The highest BCUT2D eigenvalue weighted by atomic mass is 35.5. The molecule has 0 bridgehead atoms. The van der Waals surface area contributed by atoms with Crippen molar-refractivity contribution in [3.63, 3.8) is 0 Å². The van der Waals surface area contributed by atoms with Crippen LogP contribution in [0.5, 0.6) is 0 Å². The number of aryl methyl sites for hydroxylation is 1. The van der Waals surface area contributed by atoms with Crippen molar-refractivity contribution >= 4 is 27.7 Å². The number of sulfonamides is 1. The van der Waals surface area contributed by atoms with Crippen LogP contribution in [0.2, 0.25) is 5.02 Å². The number of fused-ring (bicyclic) bond motifs is 1. The Morgan fingerprint density at radius 3 is 2.33 bits per heavy atom. The SMILES string of the molecule is O=C(NO)O[C@H]1c2ccccc2CCN1S(=O)(=O)CCc1ccc(-c2ccc(Cl)cc2)cc1. The van der Waals surface area contributed by atoms with Crippen LogP contribution in [0.25, 0.3) is 11.1 Å². The average molecular weight is 487 g/mol. The molecular formula is C24H23ClN2O5S. The minimum absolute atomic E-state index is 0.143. The highest BCUT2D eigenvalue weighted by molar-refractivity contribution is 7.89. The summed E-state index contributed by atoms with van der Waals surface area (Å²) in [6, 6.07) is 22.4. The van der Waals surface area contributed by atoms with E-state index in [0.29, 0.717) is 23.4 Å². The predicted molar refractivity (Wildman–Crippen MR) is 125 cm³/mol. The van der Waals surface area contributed by atoms with Crippen molar-refractivity contribution in [3.05, 3.63) is 94.5 Å². The van der Waals surface area contributed by atoms with Gasteiger partial charge in [-0.3, -0.25) is 5.21 Å². The molecule has 33 heavy (non-hydrogen) atoms. The van der Waals surface area contributed by atoms with E-state index in [1.54, 1.807) is 12.1 Å². The van der Waals surface area contributed by atoms with E-state index in [0.717, 1.165) is 22.3 Å². The van der Waals surface area contributed by atoms with Crippen molar-refractivity contribution in [2.75, 3.05) is 12.3 Å². The standard InChI is InChI=1S/C24H23ClN2O5S/c25-21-11-9-19(10-12-21)18-7-5-17(6-8-18)14-16-33(30,31)27-15-13-20-3-1-2-4-22(20)23(27)32-24(28)26-29/h1-12,23,29H,13-16H2,(H,26,28)/t23-/m0/s1. The summed E-state index contributed by atoms with van der Waals surface area (Å²) in [5, 5.41) is 9.54. The predicted octanol–water partition coefficient (Wildman–Crippen LogP) is 4.55. The largest absolute Gasteiger partial charge is 0.432 e. The van der Waals surface area contributed by atoms with E-state index in [-0.39, 0.29) is 12.3 Å². The van der Waals surface area contributed by atoms with Crippen LogP contribution in [0.1, 0.15) is 22.9 Å². The maximum Gasteiger partial charge on any atom is 0.432 e. The minimum atomic E-state index is -3.76. The van der Waals surface area contributed by atoms with Gasteiger partial charge in [-0.05, 0) is 47.2 Å². The van der Waals surface area contributed by atoms with Crippen molar-refractivity contribution in [2.24, 2.45) is 0 Å². The molecule has 1 amide bonds. The maximum atomic E-state index is 13.2. The van der Waals surface area contributed by atoms with Gasteiger partial charge in [-0.2, -0.15) is 4.31 Å². The molecular weight excluding hydrogens is 464 g/mol. The molecule has 0 fully saturated rings. The molecule has 0 spiro atoms. The third kappa shape index (κ3) is 5.36. The molecule has 0 saturated carbocycles. The Morgan fingerprint density at radius 2 is 1.67 bits per heavy atom. The lowest BCUT2D eigenvalue weighted by molar-refractivity contribution is 0.00239. The zero-order valence-corrected chi connectivity index (χ0v) is 19.2. The monoisotopic (exact) mass is 486 g/mol. The second-order valence-electron chi connectivity index (χ2n) is 7.70. The summed E-state index contributed by atoms with van der Waals surface area (Å²) in [7, 11) is -3.76. The lowest BCUT2D eigenvalue weighted by Gasteiger charge is -2.35. The Hall–Kier alpha value is -2.91. The first-order valence-corrected chi connectivity index (χ1v) is 12.4. The molecule has 2 N–H and O–H groups in total. The van der Waals surface area contributed by atoms with Gasteiger partial charge in [0.1, 0.15) is 0 Å². The number of halogens is 1. The van der Waals surface area contributed by atoms with Crippen LogP contribution in [-0.2, 0) is 27.6 Å². The van der Waals surface area contributed by atoms with Crippen LogP contribution in [0, 0.1) is 0 Å². The lowest BCUT2D eigenvalue weighted by atomic mass is 10.00. The number of rotatable bonds is 6. The number of hydrogen-bond donors (Lipinski definition) is 2. The lowest BCUT2D eigenvalue weighted by Crippen LogP contribution is -2.44. The van der Waals surface area contributed by atoms with Crippen LogP contribution in [0.15, 0.2) is 72.8 Å². The van der Waals surface area contributed by atoms with Gasteiger partial charge in [0, 0.05) is 17.1 Å². The van der Waals surface area contributed by atoms with Gasteiger partial charge < -0.3 is 4.74 Å². The zero-order chi connectivity index (χ0) is 23.4. The van der Waals surface area contributed by atoms with Crippen LogP contribution < -0.4 is 5.48 Å². The first-order chi connectivity index (χ1) is 15.9. The fraction of sp³-hybridized carbons (Fsp3) is 0.208. The highest BCUT2D eigenvalue weighted by Gasteiger charge is 2.37. The molecule has 3 aromatic rings. The van der Waals surface area contributed by atoms with Gasteiger partial charge in [0.15, 0.2) is 6.23 Å². The number of hydrogen-bond acceptors (Lipinski definition) is 5. The summed E-state index contributed by atoms with van der Waals surface area (Å²) < 4.78 is 32.8. The Bertz CT molecular complexity index is 1230. The quantitative estimate of drug-likeness (QED) is 0.393. The van der Waals surface area contributed by atoms with Gasteiger partial charge >= 0.3 is 6.09 Å². The molecule has 1 atom stereocenters. The second-order valence-corrected chi connectivity index (χ2v) is 10.2. The molecule has 1 aliphatic heterocycles. The van der Waals surface area contributed by atoms with E-state index in [2.05, 4.69) is 0 Å². The minimum Gasteiger partial charge on any atom is -0.423 e. The number of amides is 1. The summed E-state index contributed by atoms with van der Waals surface area (Å²) in [4.78, 5) is 11.7. The van der Waals surface area contributed by atoms with E-state index >= 15 is 0 Å². The normalized spacial score (nSPS) is 16.1. The maximum absolute atomic E-state index is 13.2. The molecule has 1 aliphatic rings. The highest BCUT2D eigenvalue weighted by Crippen LogP contribution is 2.33. The summed E-state index contributed by atoms with van der Waals surface area (Å²) in [5.41, 5.74) is 5.80. The van der Waals surface area contributed by atoms with E-state index in [1.807, 2.05) is 60.7 Å².